The summed E-state index contributed by atoms with van der Waals surface area (Å²) in [4.78, 5) is 29.2. The average molecular weight is 243 g/mol. The fraction of sp³-hybridized carbons (Fsp3) is 0.154. The Morgan fingerprint density at radius 3 is 2.39 bits per heavy atom. The smallest absolute Gasteiger partial charge is 0.277 e. The van der Waals surface area contributed by atoms with Crippen LogP contribution in [0.15, 0.2) is 47.1 Å². The summed E-state index contributed by atoms with van der Waals surface area (Å²) in [7, 11) is 3.56. The molecule has 1 heterocycles. The highest BCUT2D eigenvalue weighted by Crippen LogP contribution is 2.16. The summed E-state index contributed by atoms with van der Waals surface area (Å²) >= 11 is 0. The van der Waals surface area contributed by atoms with Crippen LogP contribution in [0.4, 0.5) is 5.69 Å². The molecule has 1 aliphatic rings. The quantitative estimate of drug-likeness (QED) is 0.619. The van der Waals surface area contributed by atoms with Crippen LogP contribution in [0.3, 0.4) is 0 Å². The standard InChI is InChI=1S/C13H13N3O2/c1-16(2)8-10-11(13(18)15-12(10)17)14-9-6-4-3-5-7-9/h3-8H,1-2H3,(H,15,17,18). The summed E-state index contributed by atoms with van der Waals surface area (Å²) in [5, 5.41) is 2.24. The molecule has 0 aromatic heterocycles. The molecule has 92 valence electrons. The van der Waals surface area contributed by atoms with Crippen LogP contribution in [0, 0.1) is 0 Å². The minimum atomic E-state index is -0.461. The third kappa shape index (κ3) is 2.45. The van der Waals surface area contributed by atoms with Crippen LogP contribution < -0.4 is 5.32 Å². The van der Waals surface area contributed by atoms with Gasteiger partial charge in [-0.05, 0) is 12.1 Å². The molecule has 0 saturated carbocycles. The number of aliphatic imine (C=N–C) groups is 1. The number of para-hydroxylation sites is 1. The van der Waals surface area contributed by atoms with Crippen LogP contribution in [0.1, 0.15) is 0 Å². The van der Waals surface area contributed by atoms with Crippen molar-refractivity contribution >= 4 is 23.2 Å². The van der Waals surface area contributed by atoms with Gasteiger partial charge in [-0.1, -0.05) is 18.2 Å². The number of nitrogens with zero attached hydrogens (tertiary/aromatic N) is 2. The number of nitrogens with one attached hydrogen (secondary N) is 1. The molecule has 5 nitrogen and oxygen atoms in total. The first-order valence-electron chi connectivity index (χ1n) is 5.46. The molecule has 0 aliphatic carbocycles. The second-order valence-corrected chi connectivity index (χ2v) is 4.09. The lowest BCUT2D eigenvalue weighted by Crippen LogP contribution is -2.21. The average Bonchev–Trinajstić information content (AvgIpc) is 2.57. The Kier molecular flexibility index (Phi) is 3.23. The zero-order chi connectivity index (χ0) is 13.1. The van der Waals surface area contributed by atoms with Crippen LogP contribution >= 0.6 is 0 Å². The molecule has 1 N–H and O–H groups in total. The van der Waals surface area contributed by atoms with Crippen molar-refractivity contribution in [3.05, 3.63) is 42.1 Å². The van der Waals surface area contributed by atoms with Crippen molar-refractivity contribution in [2.45, 2.75) is 0 Å². The number of amides is 2. The molecule has 2 amide bonds. The highest BCUT2D eigenvalue weighted by Gasteiger charge is 2.32. The van der Waals surface area contributed by atoms with E-state index in [0.717, 1.165) is 0 Å². The maximum absolute atomic E-state index is 11.7. The van der Waals surface area contributed by atoms with Gasteiger partial charge in [-0.25, -0.2) is 4.99 Å². The Bertz CT molecular complexity index is 545. The van der Waals surface area contributed by atoms with Crippen LogP contribution in [-0.2, 0) is 9.59 Å². The number of hydrogen-bond donors (Lipinski definition) is 1. The fourth-order valence-electron chi connectivity index (χ4n) is 1.58. The van der Waals surface area contributed by atoms with E-state index in [1.165, 1.54) is 0 Å². The van der Waals surface area contributed by atoms with Crippen molar-refractivity contribution in [3.8, 4) is 0 Å². The van der Waals surface area contributed by atoms with E-state index < -0.39 is 11.8 Å². The first-order valence-corrected chi connectivity index (χ1v) is 5.46. The highest BCUT2D eigenvalue weighted by molar-refractivity contribution is 6.59. The van der Waals surface area contributed by atoms with Gasteiger partial charge in [-0.2, -0.15) is 0 Å². The SMILES string of the molecule is CN(C)C=C1C(=O)NC(=O)C1=Nc1ccccc1. The second kappa shape index (κ2) is 4.83. The summed E-state index contributed by atoms with van der Waals surface area (Å²) in [5.74, 6) is -0.875. The second-order valence-electron chi connectivity index (χ2n) is 4.09. The Labute approximate surface area is 105 Å². The molecule has 1 aromatic carbocycles. The molecule has 5 heteroatoms. The molecule has 1 saturated heterocycles. The minimum absolute atomic E-state index is 0.153. The molecule has 0 radical (unpaired) electrons. The van der Waals surface area contributed by atoms with Gasteiger partial charge in [-0.3, -0.25) is 14.9 Å². The lowest BCUT2D eigenvalue weighted by molar-refractivity contribution is -0.122. The summed E-state index contributed by atoms with van der Waals surface area (Å²) in [6.07, 6.45) is 1.59. The minimum Gasteiger partial charge on any atom is -0.383 e. The van der Waals surface area contributed by atoms with Gasteiger partial charge in [0, 0.05) is 20.3 Å². The van der Waals surface area contributed by atoms with E-state index >= 15 is 0 Å². The normalized spacial score (nSPS) is 19.4. The number of imide groups is 1. The van der Waals surface area contributed by atoms with Gasteiger partial charge in [0.1, 0.15) is 5.71 Å². The molecule has 0 unspecified atom stereocenters. The van der Waals surface area contributed by atoms with Crippen LogP contribution in [-0.4, -0.2) is 36.5 Å². The highest BCUT2D eigenvalue weighted by atomic mass is 16.2. The van der Waals surface area contributed by atoms with E-state index in [1.807, 2.05) is 18.2 Å². The summed E-state index contributed by atoms with van der Waals surface area (Å²) in [6.45, 7) is 0. The van der Waals surface area contributed by atoms with Crippen molar-refractivity contribution in [2.75, 3.05) is 14.1 Å². The number of rotatable bonds is 2. The monoisotopic (exact) mass is 243 g/mol. The zero-order valence-electron chi connectivity index (χ0n) is 10.2. The van der Waals surface area contributed by atoms with E-state index in [1.54, 1.807) is 37.3 Å². The first-order chi connectivity index (χ1) is 8.58. The molecule has 0 spiro atoms. The Morgan fingerprint density at radius 2 is 1.78 bits per heavy atom. The molecule has 0 bridgehead atoms. The van der Waals surface area contributed by atoms with Crippen molar-refractivity contribution < 1.29 is 9.59 Å². The van der Waals surface area contributed by atoms with E-state index in [9.17, 15) is 9.59 Å². The Morgan fingerprint density at radius 1 is 1.11 bits per heavy atom. The third-order valence-electron chi connectivity index (χ3n) is 2.33. The van der Waals surface area contributed by atoms with Gasteiger partial charge in [-0.15, -0.1) is 0 Å². The molecule has 18 heavy (non-hydrogen) atoms. The topological polar surface area (TPSA) is 61.8 Å². The maximum atomic E-state index is 11.7. The maximum Gasteiger partial charge on any atom is 0.277 e. The lowest BCUT2D eigenvalue weighted by Gasteiger charge is -2.05. The Hall–Kier alpha value is -2.43. The summed E-state index contributed by atoms with van der Waals surface area (Å²) in [6, 6.07) is 9.06. The molecule has 1 fully saturated rings. The molecule has 1 aliphatic heterocycles. The predicted octanol–water partition coefficient (Wildman–Crippen LogP) is 0.861. The molecule has 2 rings (SSSR count). The number of carbonyl (C=O) groups is 2. The van der Waals surface area contributed by atoms with Crippen LogP contribution in [0.5, 0.6) is 0 Å². The summed E-state index contributed by atoms with van der Waals surface area (Å²) in [5.41, 5.74) is 1.08. The van der Waals surface area contributed by atoms with Gasteiger partial charge in [0.05, 0.1) is 11.3 Å². The van der Waals surface area contributed by atoms with Crippen molar-refractivity contribution in [3.63, 3.8) is 0 Å². The Balaban J connectivity index is 2.44. The number of hydrogen-bond acceptors (Lipinski definition) is 4. The number of benzene rings is 1. The van der Waals surface area contributed by atoms with Gasteiger partial charge in [0.25, 0.3) is 11.8 Å². The van der Waals surface area contributed by atoms with Crippen molar-refractivity contribution in [1.82, 2.24) is 10.2 Å². The van der Waals surface area contributed by atoms with Gasteiger partial charge in [0.15, 0.2) is 0 Å². The predicted molar refractivity (Wildman–Crippen MR) is 68.5 cm³/mol. The van der Waals surface area contributed by atoms with E-state index in [4.69, 9.17) is 0 Å². The lowest BCUT2D eigenvalue weighted by atomic mass is 10.2. The third-order valence-corrected chi connectivity index (χ3v) is 2.33. The van der Waals surface area contributed by atoms with E-state index in [0.29, 0.717) is 5.69 Å². The molecule has 1 aromatic rings. The van der Waals surface area contributed by atoms with Crippen molar-refractivity contribution in [2.24, 2.45) is 4.99 Å². The van der Waals surface area contributed by atoms with E-state index in [2.05, 4.69) is 10.3 Å². The largest absolute Gasteiger partial charge is 0.383 e. The number of carbonyl (C=O) groups excluding carboxylic acids is 2. The fourth-order valence-corrected chi connectivity index (χ4v) is 1.58. The molecule has 0 atom stereocenters. The zero-order valence-corrected chi connectivity index (χ0v) is 10.2. The molecular weight excluding hydrogens is 230 g/mol. The van der Waals surface area contributed by atoms with Crippen molar-refractivity contribution in [1.29, 1.82) is 0 Å². The van der Waals surface area contributed by atoms with Crippen LogP contribution in [0.25, 0.3) is 0 Å². The summed E-state index contributed by atoms with van der Waals surface area (Å²) < 4.78 is 0. The van der Waals surface area contributed by atoms with Gasteiger partial charge < -0.3 is 4.90 Å². The van der Waals surface area contributed by atoms with Gasteiger partial charge >= 0.3 is 0 Å². The molecular formula is C13H13N3O2. The van der Waals surface area contributed by atoms with E-state index in [-0.39, 0.29) is 11.3 Å². The van der Waals surface area contributed by atoms with Gasteiger partial charge in [0.2, 0.25) is 0 Å². The first kappa shape index (κ1) is 12.0. The van der Waals surface area contributed by atoms with Crippen LogP contribution in [0.2, 0.25) is 0 Å².